The van der Waals surface area contributed by atoms with Crippen LogP contribution in [0.5, 0.6) is 5.75 Å². The average molecular weight is 542 g/mol. The predicted octanol–water partition coefficient (Wildman–Crippen LogP) is 8.36. The van der Waals surface area contributed by atoms with Crippen molar-refractivity contribution in [2.24, 2.45) is 0 Å². The molecule has 0 saturated heterocycles. The molecule has 0 aliphatic heterocycles. The number of aryl methyl sites for hydroxylation is 1. The Labute approximate surface area is 242 Å². The predicted molar refractivity (Wildman–Crippen MR) is 171 cm³/mol. The first-order valence-corrected chi connectivity index (χ1v) is 13.9. The molecule has 0 atom stereocenters. The van der Waals surface area contributed by atoms with Crippen molar-refractivity contribution in [1.82, 2.24) is 9.55 Å². The van der Waals surface area contributed by atoms with E-state index < -0.39 is 0 Å². The van der Waals surface area contributed by atoms with Crippen LogP contribution in [-0.4, -0.2) is 29.6 Å². The van der Waals surface area contributed by atoms with Gasteiger partial charge in [0.15, 0.2) is 0 Å². The lowest BCUT2D eigenvalue weighted by Crippen LogP contribution is -2.26. The third-order valence-electron chi connectivity index (χ3n) is 7.21. The van der Waals surface area contributed by atoms with E-state index in [4.69, 9.17) is 9.72 Å². The highest BCUT2D eigenvalue weighted by Crippen LogP contribution is 2.27. The molecule has 0 radical (unpaired) electrons. The van der Waals surface area contributed by atoms with Gasteiger partial charge in [-0.05, 0) is 65.8 Å². The van der Waals surface area contributed by atoms with Crippen molar-refractivity contribution in [1.29, 1.82) is 0 Å². The Morgan fingerprint density at radius 2 is 1.59 bits per heavy atom. The van der Waals surface area contributed by atoms with Crippen LogP contribution in [0.3, 0.4) is 0 Å². The average Bonchev–Trinajstić information content (AvgIpc) is 3.40. The first-order valence-electron chi connectivity index (χ1n) is 13.9. The number of rotatable bonds is 10. The van der Waals surface area contributed by atoms with Crippen LogP contribution in [0.4, 0.5) is 5.69 Å². The number of carbonyl (C=O) groups excluding carboxylic acids is 1. The van der Waals surface area contributed by atoms with E-state index in [1.54, 1.807) is 12.0 Å². The van der Waals surface area contributed by atoms with E-state index in [0.717, 1.165) is 56.8 Å². The van der Waals surface area contributed by atoms with E-state index in [-0.39, 0.29) is 5.91 Å². The highest BCUT2D eigenvalue weighted by Gasteiger charge is 2.14. The lowest BCUT2D eigenvalue weighted by atomic mass is 10.0. The summed E-state index contributed by atoms with van der Waals surface area (Å²) in [6.07, 6.45) is 11.3. The zero-order chi connectivity index (χ0) is 28.6. The second-order valence-electron chi connectivity index (χ2n) is 9.96. The summed E-state index contributed by atoms with van der Waals surface area (Å²) in [4.78, 5) is 19.7. The number of fused-ring (bicyclic) bond motifs is 1. The Balaban J connectivity index is 1.25. The molecular weight excluding hydrogens is 506 g/mol. The molecule has 0 unspecified atom stereocenters. The molecule has 1 heterocycles. The van der Waals surface area contributed by atoms with Crippen molar-refractivity contribution < 1.29 is 9.53 Å². The van der Waals surface area contributed by atoms with Crippen LogP contribution in [0.1, 0.15) is 36.8 Å². The SMILES string of the molecule is C/C=C/c1cn(CCCC(=O)N(C)c2cccc3ccccc23)c(/C=C/c2ccc(-c3ccc(OC)cc3)cc2)n1. The smallest absolute Gasteiger partial charge is 0.226 e. The minimum atomic E-state index is 0.101. The van der Waals surface area contributed by atoms with Crippen molar-refractivity contribution in [3.63, 3.8) is 0 Å². The number of benzene rings is 4. The van der Waals surface area contributed by atoms with Gasteiger partial charge in [-0.1, -0.05) is 84.9 Å². The highest BCUT2D eigenvalue weighted by molar-refractivity contribution is 6.03. The Bertz CT molecular complexity index is 1670. The Hall–Kier alpha value is -4.90. The van der Waals surface area contributed by atoms with Crippen molar-refractivity contribution in [2.45, 2.75) is 26.3 Å². The molecule has 1 amide bonds. The standard InChI is InChI=1S/C36H35N3O2/c1-4-9-31-26-39(25-8-14-36(40)38(2)34-13-7-11-30-10-5-6-12-33(30)34)35(37-31)24-17-27-15-18-28(19-16-27)29-20-22-32(41-3)23-21-29/h4-7,9-13,15-24,26H,8,14,25H2,1-3H3/b9-4+,24-17+. The minimum Gasteiger partial charge on any atom is -0.497 e. The number of anilines is 1. The van der Waals surface area contributed by atoms with E-state index in [0.29, 0.717) is 13.0 Å². The maximum Gasteiger partial charge on any atom is 0.226 e. The molecule has 5 nitrogen and oxygen atoms in total. The molecule has 0 bridgehead atoms. The van der Waals surface area contributed by atoms with Gasteiger partial charge >= 0.3 is 0 Å². The number of hydrogen-bond donors (Lipinski definition) is 0. The van der Waals surface area contributed by atoms with Gasteiger partial charge in [0.25, 0.3) is 0 Å². The van der Waals surface area contributed by atoms with Crippen LogP contribution in [-0.2, 0) is 11.3 Å². The van der Waals surface area contributed by atoms with Crippen LogP contribution in [0.25, 0.3) is 40.1 Å². The summed E-state index contributed by atoms with van der Waals surface area (Å²) in [5, 5.41) is 2.22. The van der Waals surface area contributed by atoms with E-state index in [1.165, 1.54) is 0 Å². The number of hydrogen-bond acceptors (Lipinski definition) is 3. The van der Waals surface area contributed by atoms with Crippen molar-refractivity contribution >= 4 is 40.6 Å². The van der Waals surface area contributed by atoms with Crippen molar-refractivity contribution in [3.05, 3.63) is 120 Å². The fraction of sp³-hybridized carbons (Fsp3) is 0.167. The molecule has 41 heavy (non-hydrogen) atoms. The number of carbonyl (C=O) groups is 1. The van der Waals surface area contributed by atoms with E-state index in [2.05, 4.69) is 65.2 Å². The van der Waals surface area contributed by atoms with Crippen LogP contribution in [0.15, 0.2) is 103 Å². The largest absolute Gasteiger partial charge is 0.497 e. The molecule has 0 saturated carbocycles. The zero-order valence-corrected chi connectivity index (χ0v) is 23.8. The van der Waals surface area contributed by atoms with Crippen LogP contribution < -0.4 is 9.64 Å². The summed E-state index contributed by atoms with van der Waals surface area (Å²) in [6.45, 7) is 2.69. The van der Waals surface area contributed by atoms with E-state index >= 15 is 0 Å². The third kappa shape index (κ3) is 6.64. The monoisotopic (exact) mass is 541 g/mol. The molecule has 5 aromatic rings. The number of nitrogens with zero attached hydrogens (tertiary/aromatic N) is 3. The summed E-state index contributed by atoms with van der Waals surface area (Å²) in [5.74, 6) is 1.82. The maximum absolute atomic E-state index is 13.1. The van der Waals surface area contributed by atoms with Gasteiger partial charge in [0.2, 0.25) is 5.91 Å². The maximum atomic E-state index is 13.1. The Kier molecular flexibility index (Phi) is 8.75. The number of aromatic nitrogens is 2. The summed E-state index contributed by atoms with van der Waals surface area (Å²) < 4.78 is 7.39. The molecule has 0 spiro atoms. The van der Waals surface area contributed by atoms with Gasteiger partial charge in [0, 0.05) is 31.6 Å². The van der Waals surface area contributed by atoms with Gasteiger partial charge in [0.05, 0.1) is 18.5 Å². The first kappa shape index (κ1) is 27.7. The van der Waals surface area contributed by atoms with Gasteiger partial charge < -0.3 is 14.2 Å². The second kappa shape index (κ2) is 13.0. The molecule has 5 heteroatoms. The lowest BCUT2D eigenvalue weighted by Gasteiger charge is -2.19. The lowest BCUT2D eigenvalue weighted by molar-refractivity contribution is -0.118. The zero-order valence-electron chi connectivity index (χ0n) is 23.8. The van der Waals surface area contributed by atoms with Crippen LogP contribution in [0, 0.1) is 0 Å². The molecule has 206 valence electrons. The molecular formula is C36H35N3O2. The van der Waals surface area contributed by atoms with E-state index in [9.17, 15) is 4.79 Å². The summed E-state index contributed by atoms with van der Waals surface area (Å²) in [7, 11) is 3.54. The number of allylic oxidation sites excluding steroid dienone is 1. The Morgan fingerprint density at radius 1 is 0.878 bits per heavy atom. The van der Waals surface area contributed by atoms with Crippen molar-refractivity contribution in [2.75, 3.05) is 19.1 Å². The number of ether oxygens (including phenoxy) is 1. The summed E-state index contributed by atoms with van der Waals surface area (Å²) in [6, 6.07) is 30.8. The topological polar surface area (TPSA) is 47.4 Å². The molecule has 5 rings (SSSR count). The molecule has 0 fully saturated rings. The minimum absolute atomic E-state index is 0.101. The van der Waals surface area contributed by atoms with Crippen LogP contribution in [0.2, 0.25) is 0 Å². The molecule has 1 aromatic heterocycles. The molecule has 0 aliphatic carbocycles. The van der Waals surface area contributed by atoms with Gasteiger partial charge in [0.1, 0.15) is 11.6 Å². The third-order valence-corrected chi connectivity index (χ3v) is 7.21. The number of imidazole rings is 1. The van der Waals surface area contributed by atoms with Gasteiger partial charge in [-0.2, -0.15) is 0 Å². The second-order valence-corrected chi connectivity index (χ2v) is 9.96. The quantitative estimate of drug-likeness (QED) is 0.178. The van der Waals surface area contributed by atoms with Gasteiger partial charge in [-0.25, -0.2) is 4.98 Å². The fourth-order valence-corrected chi connectivity index (χ4v) is 4.96. The normalized spacial score (nSPS) is 11.5. The van der Waals surface area contributed by atoms with Crippen LogP contribution >= 0.6 is 0 Å². The van der Waals surface area contributed by atoms with Gasteiger partial charge in [-0.15, -0.1) is 0 Å². The first-order chi connectivity index (χ1) is 20.1. The molecule has 0 aliphatic rings. The van der Waals surface area contributed by atoms with E-state index in [1.807, 2.05) is 74.8 Å². The highest BCUT2D eigenvalue weighted by atomic mass is 16.5. The summed E-state index contributed by atoms with van der Waals surface area (Å²) >= 11 is 0. The number of amides is 1. The fourth-order valence-electron chi connectivity index (χ4n) is 4.96. The molecule has 0 N–H and O–H groups in total. The van der Waals surface area contributed by atoms with Gasteiger partial charge in [-0.3, -0.25) is 4.79 Å². The number of methoxy groups -OCH3 is 1. The Morgan fingerprint density at radius 3 is 2.32 bits per heavy atom. The molecule has 4 aromatic carbocycles. The summed E-state index contributed by atoms with van der Waals surface area (Å²) in [5.41, 5.74) is 5.23. The van der Waals surface area contributed by atoms with Crippen molar-refractivity contribution in [3.8, 4) is 16.9 Å².